The van der Waals surface area contributed by atoms with Gasteiger partial charge in [0.2, 0.25) is 0 Å². The Balaban J connectivity index is 1.59. The van der Waals surface area contributed by atoms with Gasteiger partial charge in [-0.3, -0.25) is 14.2 Å². The van der Waals surface area contributed by atoms with Crippen LogP contribution >= 0.6 is 0 Å². The number of carbonyl (C=O) groups is 1. The molecule has 0 aliphatic carbocycles. The van der Waals surface area contributed by atoms with Gasteiger partial charge in [-0.15, -0.1) is 0 Å². The average molecular weight is 359 g/mol. The van der Waals surface area contributed by atoms with Crippen LogP contribution in [0.5, 0.6) is 0 Å². The molecule has 3 aliphatic rings. The summed E-state index contributed by atoms with van der Waals surface area (Å²) in [6, 6.07) is 5.61. The number of carbonyl (C=O) groups excluding carboxylic acids is 1. The summed E-state index contributed by atoms with van der Waals surface area (Å²) in [7, 11) is 0. The number of hydrogen-bond acceptors (Lipinski definition) is 3. The first kappa shape index (κ1) is 16.9. The van der Waals surface area contributed by atoms with Gasteiger partial charge in [-0.25, -0.2) is 8.78 Å². The molecule has 1 N–H and O–H groups in total. The predicted molar refractivity (Wildman–Crippen MR) is 92.4 cm³/mol. The van der Waals surface area contributed by atoms with Crippen LogP contribution in [0.1, 0.15) is 23.2 Å². The average Bonchev–Trinajstić information content (AvgIpc) is 2.62. The second-order valence-electron chi connectivity index (χ2n) is 6.97. The van der Waals surface area contributed by atoms with Crippen LogP contribution in [0.4, 0.5) is 8.78 Å². The molecule has 3 aliphatic heterocycles. The zero-order valence-electron chi connectivity index (χ0n) is 14.1. The monoisotopic (exact) mass is 359 g/mol. The molecule has 4 heterocycles. The summed E-state index contributed by atoms with van der Waals surface area (Å²) in [5.74, 6) is -1.37. The van der Waals surface area contributed by atoms with Crippen LogP contribution in [-0.2, 0) is 0 Å². The highest BCUT2D eigenvalue weighted by molar-refractivity contribution is 5.94. The number of hydrogen-bond donors (Lipinski definition) is 1. The van der Waals surface area contributed by atoms with E-state index in [0.29, 0.717) is 5.92 Å². The molecule has 7 heteroatoms. The molecule has 2 aromatic rings. The van der Waals surface area contributed by atoms with Crippen LogP contribution in [0, 0.1) is 17.6 Å². The van der Waals surface area contributed by atoms with E-state index in [0.717, 1.165) is 55.2 Å². The van der Waals surface area contributed by atoms with E-state index in [-0.39, 0.29) is 23.2 Å². The van der Waals surface area contributed by atoms with E-state index < -0.39 is 17.2 Å². The first-order valence-electron chi connectivity index (χ1n) is 8.72. The summed E-state index contributed by atoms with van der Waals surface area (Å²) >= 11 is 0. The Labute approximate surface area is 149 Å². The second-order valence-corrected chi connectivity index (χ2v) is 6.97. The molecular formula is C19H19F2N3O2. The predicted octanol–water partition coefficient (Wildman–Crippen LogP) is 1.94. The quantitative estimate of drug-likeness (QED) is 0.911. The Morgan fingerprint density at radius 3 is 2.38 bits per heavy atom. The lowest BCUT2D eigenvalue weighted by atomic mass is 9.84. The van der Waals surface area contributed by atoms with Crippen molar-refractivity contribution in [2.45, 2.75) is 18.9 Å². The zero-order chi connectivity index (χ0) is 18.3. The largest absolute Gasteiger partial charge is 0.348 e. The molecule has 3 saturated heterocycles. The fourth-order valence-electron chi connectivity index (χ4n) is 3.88. The van der Waals surface area contributed by atoms with E-state index in [1.165, 1.54) is 18.3 Å². The molecule has 1 unspecified atom stereocenters. The number of piperidine rings is 3. The molecule has 1 atom stereocenters. The molecule has 2 bridgehead atoms. The number of aromatic nitrogens is 1. The molecule has 0 saturated carbocycles. The van der Waals surface area contributed by atoms with Crippen LogP contribution in [0.15, 0.2) is 41.3 Å². The van der Waals surface area contributed by atoms with E-state index in [9.17, 15) is 18.4 Å². The highest BCUT2D eigenvalue weighted by atomic mass is 19.1. The van der Waals surface area contributed by atoms with Crippen molar-refractivity contribution in [1.82, 2.24) is 14.8 Å². The minimum atomic E-state index is -0.783. The summed E-state index contributed by atoms with van der Waals surface area (Å²) in [4.78, 5) is 27.1. The topological polar surface area (TPSA) is 54.3 Å². The minimum Gasteiger partial charge on any atom is -0.348 e. The third kappa shape index (κ3) is 3.26. The van der Waals surface area contributed by atoms with Crippen LogP contribution in [0.2, 0.25) is 0 Å². The van der Waals surface area contributed by atoms with Gasteiger partial charge in [-0.1, -0.05) is 0 Å². The van der Waals surface area contributed by atoms with Crippen LogP contribution < -0.4 is 10.9 Å². The number of halogens is 2. The third-order valence-corrected chi connectivity index (χ3v) is 5.27. The summed E-state index contributed by atoms with van der Waals surface area (Å²) in [5, 5.41) is 3.04. The lowest BCUT2D eigenvalue weighted by Gasteiger charge is -2.44. The van der Waals surface area contributed by atoms with E-state index in [4.69, 9.17) is 0 Å². The fraction of sp³-hybridized carbons (Fsp3) is 0.368. The van der Waals surface area contributed by atoms with Gasteiger partial charge in [0.1, 0.15) is 11.6 Å². The van der Waals surface area contributed by atoms with Gasteiger partial charge in [0.05, 0.1) is 11.3 Å². The van der Waals surface area contributed by atoms with Gasteiger partial charge in [0.15, 0.2) is 0 Å². The van der Waals surface area contributed by atoms with Crippen LogP contribution in [0.3, 0.4) is 0 Å². The first-order chi connectivity index (χ1) is 12.5. The molecule has 3 fully saturated rings. The molecule has 1 amide bonds. The van der Waals surface area contributed by atoms with E-state index in [1.54, 1.807) is 0 Å². The molecule has 0 radical (unpaired) electrons. The van der Waals surface area contributed by atoms with Gasteiger partial charge < -0.3 is 10.2 Å². The number of amides is 1. The Kier molecular flexibility index (Phi) is 4.32. The lowest BCUT2D eigenvalue weighted by Crippen LogP contribution is -2.57. The molecule has 26 heavy (non-hydrogen) atoms. The number of benzene rings is 1. The van der Waals surface area contributed by atoms with Crippen molar-refractivity contribution in [2.75, 3.05) is 19.6 Å². The van der Waals surface area contributed by atoms with E-state index in [2.05, 4.69) is 10.2 Å². The maximum Gasteiger partial charge on any atom is 0.255 e. The van der Waals surface area contributed by atoms with Gasteiger partial charge in [-0.2, -0.15) is 0 Å². The highest BCUT2D eigenvalue weighted by Crippen LogP contribution is 2.27. The molecule has 1 aromatic carbocycles. The molecule has 136 valence electrons. The first-order valence-corrected chi connectivity index (χ1v) is 8.72. The van der Waals surface area contributed by atoms with Gasteiger partial charge in [-0.05, 0) is 50.0 Å². The lowest BCUT2D eigenvalue weighted by molar-refractivity contribution is 0.0620. The summed E-state index contributed by atoms with van der Waals surface area (Å²) < 4.78 is 28.0. The summed E-state index contributed by atoms with van der Waals surface area (Å²) in [5.41, 5.74) is -0.134. The summed E-state index contributed by atoms with van der Waals surface area (Å²) in [6.45, 7) is 2.99. The maximum atomic E-state index is 13.5. The van der Waals surface area contributed by atoms with Crippen molar-refractivity contribution in [3.8, 4) is 5.69 Å². The van der Waals surface area contributed by atoms with Crippen molar-refractivity contribution < 1.29 is 13.6 Å². The number of nitrogens with zero attached hydrogens (tertiary/aromatic N) is 2. The van der Waals surface area contributed by atoms with E-state index >= 15 is 0 Å². The highest BCUT2D eigenvalue weighted by Gasteiger charge is 2.35. The van der Waals surface area contributed by atoms with Crippen molar-refractivity contribution in [3.05, 3.63) is 64.1 Å². The van der Waals surface area contributed by atoms with E-state index in [1.807, 2.05) is 0 Å². The van der Waals surface area contributed by atoms with Crippen molar-refractivity contribution in [1.29, 1.82) is 0 Å². The normalized spacial score (nSPS) is 24.5. The minimum absolute atomic E-state index is 0.0463. The Bertz CT molecular complexity index is 884. The Morgan fingerprint density at radius 1 is 1.08 bits per heavy atom. The molecular weight excluding hydrogens is 340 g/mol. The van der Waals surface area contributed by atoms with Gasteiger partial charge in [0, 0.05) is 30.9 Å². The Morgan fingerprint density at radius 2 is 1.77 bits per heavy atom. The standard InChI is InChI=1S/C19H19F2N3O2/c20-14-7-15(21)9-16(8-14)24-10-13(1-2-18(24)25)19(26)22-17-11-23-5-3-12(17)4-6-23/h1-2,7-10,12,17H,3-6,11H2,(H,22,26). The molecule has 1 aromatic heterocycles. The smallest absolute Gasteiger partial charge is 0.255 e. The fourth-order valence-corrected chi connectivity index (χ4v) is 3.88. The van der Waals surface area contributed by atoms with Crippen molar-refractivity contribution in [2.24, 2.45) is 5.92 Å². The van der Waals surface area contributed by atoms with Gasteiger partial charge >= 0.3 is 0 Å². The second kappa shape index (κ2) is 6.64. The van der Waals surface area contributed by atoms with Crippen LogP contribution in [0.25, 0.3) is 5.69 Å². The molecule has 5 rings (SSSR count). The molecule has 5 nitrogen and oxygen atoms in total. The van der Waals surface area contributed by atoms with Crippen LogP contribution in [-0.4, -0.2) is 41.1 Å². The number of fused-ring (bicyclic) bond motifs is 3. The van der Waals surface area contributed by atoms with Gasteiger partial charge in [0.25, 0.3) is 11.5 Å². The number of rotatable bonds is 3. The zero-order valence-corrected chi connectivity index (χ0v) is 14.1. The third-order valence-electron chi connectivity index (χ3n) is 5.27. The maximum absolute atomic E-state index is 13.5. The molecule has 0 spiro atoms. The number of nitrogens with one attached hydrogen (secondary N) is 1. The Hall–Kier alpha value is -2.54. The van der Waals surface area contributed by atoms with Crippen molar-refractivity contribution in [3.63, 3.8) is 0 Å². The summed E-state index contributed by atoms with van der Waals surface area (Å²) in [6.07, 6.45) is 3.48. The van der Waals surface area contributed by atoms with Crippen molar-refractivity contribution >= 4 is 5.91 Å². The number of pyridine rings is 1. The SMILES string of the molecule is O=C(NC1CN2CCC1CC2)c1ccc(=O)n(-c2cc(F)cc(F)c2)c1.